The maximum atomic E-state index is 12.0. The van der Waals surface area contributed by atoms with Crippen LogP contribution in [-0.4, -0.2) is 37.8 Å². The smallest absolute Gasteiger partial charge is 0.311 e. The van der Waals surface area contributed by atoms with Gasteiger partial charge in [0.1, 0.15) is 0 Å². The number of likely N-dealkylation sites (N-methyl/N-ethyl adjacent to an activating group) is 1. The molecule has 1 N–H and O–H groups in total. The molecule has 0 unspecified atom stereocenters. The van der Waals surface area contributed by atoms with Crippen LogP contribution in [-0.2, 0) is 6.54 Å². The van der Waals surface area contributed by atoms with Crippen LogP contribution < -0.4 is 5.32 Å². The highest BCUT2D eigenvalue weighted by atomic mass is 19.4. The van der Waals surface area contributed by atoms with Gasteiger partial charge in [0, 0.05) is 19.6 Å². The minimum absolute atomic E-state index is 0.381. The predicted octanol–water partition coefficient (Wildman–Crippen LogP) is 2.27. The van der Waals surface area contributed by atoms with Gasteiger partial charge in [-0.25, -0.2) is 0 Å². The fourth-order valence-electron chi connectivity index (χ4n) is 1.48. The third-order valence-corrected chi connectivity index (χ3v) is 2.29. The van der Waals surface area contributed by atoms with E-state index in [-0.39, 0.29) is 0 Å². The van der Waals surface area contributed by atoms with Gasteiger partial charge >= 0.3 is 6.18 Å². The van der Waals surface area contributed by atoms with Crippen LogP contribution in [0.25, 0.3) is 0 Å². The fourth-order valence-corrected chi connectivity index (χ4v) is 1.48. The molecule has 1 rings (SSSR count). The third-order valence-electron chi connectivity index (χ3n) is 2.29. The van der Waals surface area contributed by atoms with Gasteiger partial charge in [0.15, 0.2) is 0 Å². The molecule has 0 heterocycles. The number of hydrogen-bond donors (Lipinski definition) is 1. The van der Waals surface area contributed by atoms with Gasteiger partial charge < -0.3 is 5.32 Å². The van der Waals surface area contributed by atoms with Gasteiger partial charge in [-0.05, 0) is 12.6 Å². The molecule has 1 aromatic rings. The van der Waals surface area contributed by atoms with Crippen LogP contribution >= 0.6 is 0 Å². The van der Waals surface area contributed by atoms with Crippen molar-refractivity contribution in [2.24, 2.45) is 0 Å². The first-order chi connectivity index (χ1) is 7.97. The van der Waals surface area contributed by atoms with Crippen LogP contribution in [0.5, 0.6) is 0 Å². The SMILES string of the molecule is CN(CCNCc1ccccc1)CC(F)(F)F. The minimum Gasteiger partial charge on any atom is -0.311 e. The molecule has 0 radical (unpaired) electrons. The highest BCUT2D eigenvalue weighted by molar-refractivity contribution is 5.14. The Balaban J connectivity index is 2.12. The van der Waals surface area contributed by atoms with Gasteiger partial charge in [-0.1, -0.05) is 30.3 Å². The lowest BCUT2D eigenvalue weighted by atomic mass is 10.2. The van der Waals surface area contributed by atoms with Crippen molar-refractivity contribution in [2.45, 2.75) is 12.7 Å². The number of nitrogens with one attached hydrogen (secondary N) is 1. The number of rotatable bonds is 6. The first-order valence-electron chi connectivity index (χ1n) is 5.47. The van der Waals surface area contributed by atoms with E-state index >= 15 is 0 Å². The molecule has 17 heavy (non-hydrogen) atoms. The second-order valence-corrected chi connectivity index (χ2v) is 4.02. The molecule has 0 atom stereocenters. The van der Waals surface area contributed by atoms with Crippen molar-refractivity contribution in [1.29, 1.82) is 0 Å². The summed E-state index contributed by atoms with van der Waals surface area (Å²) in [6.45, 7) is 0.745. The monoisotopic (exact) mass is 246 g/mol. The molecule has 0 bridgehead atoms. The molecular formula is C12H17F3N2. The third kappa shape index (κ3) is 6.97. The highest BCUT2D eigenvalue weighted by Crippen LogP contribution is 2.14. The van der Waals surface area contributed by atoms with Crippen molar-refractivity contribution in [3.05, 3.63) is 35.9 Å². The second-order valence-electron chi connectivity index (χ2n) is 4.02. The fraction of sp³-hybridized carbons (Fsp3) is 0.500. The van der Waals surface area contributed by atoms with Gasteiger partial charge in [-0.2, -0.15) is 13.2 Å². The zero-order chi connectivity index (χ0) is 12.7. The summed E-state index contributed by atoms with van der Waals surface area (Å²) in [5, 5.41) is 3.11. The summed E-state index contributed by atoms with van der Waals surface area (Å²) in [5.74, 6) is 0. The van der Waals surface area contributed by atoms with Crippen molar-refractivity contribution >= 4 is 0 Å². The Labute approximate surface area is 99.4 Å². The van der Waals surface area contributed by atoms with E-state index in [4.69, 9.17) is 0 Å². The largest absolute Gasteiger partial charge is 0.401 e. The molecule has 5 heteroatoms. The molecule has 0 amide bonds. The number of nitrogens with zero attached hydrogens (tertiary/aromatic N) is 1. The molecule has 2 nitrogen and oxygen atoms in total. The minimum atomic E-state index is -4.12. The molecule has 0 spiro atoms. The van der Waals surface area contributed by atoms with E-state index in [2.05, 4.69) is 5.32 Å². The zero-order valence-electron chi connectivity index (χ0n) is 9.80. The summed E-state index contributed by atoms with van der Waals surface area (Å²) in [5.41, 5.74) is 1.13. The van der Waals surface area contributed by atoms with E-state index in [1.165, 1.54) is 11.9 Å². The van der Waals surface area contributed by atoms with Crippen LogP contribution in [0.3, 0.4) is 0 Å². The summed E-state index contributed by atoms with van der Waals surface area (Å²) in [7, 11) is 1.47. The Morgan fingerprint density at radius 1 is 1.18 bits per heavy atom. The summed E-state index contributed by atoms with van der Waals surface area (Å²) in [4.78, 5) is 1.26. The average molecular weight is 246 g/mol. The molecule has 0 aliphatic heterocycles. The van der Waals surface area contributed by atoms with Crippen molar-refractivity contribution in [3.63, 3.8) is 0 Å². The van der Waals surface area contributed by atoms with Crippen LogP contribution in [0.2, 0.25) is 0 Å². The summed E-state index contributed by atoms with van der Waals surface area (Å²) < 4.78 is 36.1. The molecule has 0 saturated heterocycles. The van der Waals surface area contributed by atoms with Crippen molar-refractivity contribution in [3.8, 4) is 0 Å². The first kappa shape index (κ1) is 14.0. The average Bonchev–Trinajstić information content (AvgIpc) is 2.23. The van der Waals surface area contributed by atoms with Gasteiger partial charge in [0.05, 0.1) is 6.54 Å². The Hall–Kier alpha value is -1.07. The van der Waals surface area contributed by atoms with E-state index in [0.717, 1.165) is 5.56 Å². The number of benzene rings is 1. The predicted molar refractivity (Wildman–Crippen MR) is 61.7 cm³/mol. The Bertz CT molecular complexity index is 311. The maximum absolute atomic E-state index is 12.0. The standard InChI is InChI=1S/C12H17F3N2/c1-17(10-12(13,14)15)8-7-16-9-11-5-3-2-4-6-11/h2-6,16H,7-10H2,1H3. The lowest BCUT2D eigenvalue weighted by molar-refractivity contribution is -0.142. The Kier molecular flexibility index (Phi) is 5.44. The Morgan fingerprint density at radius 3 is 2.41 bits per heavy atom. The lowest BCUT2D eigenvalue weighted by Crippen LogP contribution is -2.35. The summed E-state index contributed by atoms with van der Waals surface area (Å²) >= 11 is 0. The normalized spacial score (nSPS) is 12.1. The van der Waals surface area contributed by atoms with Crippen LogP contribution in [0.1, 0.15) is 5.56 Å². The van der Waals surface area contributed by atoms with E-state index in [1.54, 1.807) is 0 Å². The molecular weight excluding hydrogens is 229 g/mol. The number of hydrogen-bond acceptors (Lipinski definition) is 2. The molecule has 0 saturated carbocycles. The molecule has 0 fully saturated rings. The first-order valence-corrected chi connectivity index (χ1v) is 5.47. The van der Waals surface area contributed by atoms with E-state index in [0.29, 0.717) is 19.6 Å². The van der Waals surface area contributed by atoms with E-state index in [9.17, 15) is 13.2 Å². The van der Waals surface area contributed by atoms with Crippen LogP contribution in [0.4, 0.5) is 13.2 Å². The van der Waals surface area contributed by atoms with Crippen LogP contribution in [0.15, 0.2) is 30.3 Å². The van der Waals surface area contributed by atoms with E-state index < -0.39 is 12.7 Å². The molecule has 96 valence electrons. The van der Waals surface area contributed by atoms with Gasteiger partial charge in [-0.15, -0.1) is 0 Å². The second kappa shape index (κ2) is 6.61. The highest BCUT2D eigenvalue weighted by Gasteiger charge is 2.28. The van der Waals surface area contributed by atoms with Crippen molar-refractivity contribution in [2.75, 3.05) is 26.7 Å². The molecule has 0 aromatic heterocycles. The van der Waals surface area contributed by atoms with Gasteiger partial charge in [0.25, 0.3) is 0 Å². The van der Waals surface area contributed by atoms with Crippen molar-refractivity contribution < 1.29 is 13.2 Å². The van der Waals surface area contributed by atoms with Gasteiger partial charge in [-0.3, -0.25) is 4.90 Å². The summed E-state index contributed by atoms with van der Waals surface area (Å²) in [6, 6.07) is 9.76. The van der Waals surface area contributed by atoms with Gasteiger partial charge in [0.2, 0.25) is 0 Å². The van der Waals surface area contributed by atoms with E-state index in [1.807, 2.05) is 30.3 Å². The zero-order valence-corrected chi connectivity index (χ0v) is 9.80. The number of alkyl halides is 3. The Morgan fingerprint density at radius 2 is 1.82 bits per heavy atom. The maximum Gasteiger partial charge on any atom is 0.401 e. The summed E-state index contributed by atoms with van der Waals surface area (Å²) in [6.07, 6.45) is -4.12. The molecule has 0 aliphatic carbocycles. The quantitative estimate of drug-likeness (QED) is 0.775. The lowest BCUT2D eigenvalue weighted by Gasteiger charge is -2.18. The topological polar surface area (TPSA) is 15.3 Å². The molecule has 0 aliphatic rings. The van der Waals surface area contributed by atoms with Crippen molar-refractivity contribution in [1.82, 2.24) is 10.2 Å². The molecule has 1 aromatic carbocycles. The number of halogens is 3. The van der Waals surface area contributed by atoms with Crippen LogP contribution in [0, 0.1) is 0 Å².